The quantitative estimate of drug-likeness (QED) is 0.725. The van der Waals surface area contributed by atoms with Crippen molar-refractivity contribution in [1.82, 2.24) is 4.90 Å². The fourth-order valence-corrected chi connectivity index (χ4v) is 3.09. The van der Waals surface area contributed by atoms with Gasteiger partial charge in [-0.25, -0.2) is 0 Å². The summed E-state index contributed by atoms with van der Waals surface area (Å²) < 4.78 is 10.2. The summed E-state index contributed by atoms with van der Waals surface area (Å²) >= 11 is 0. The van der Waals surface area contributed by atoms with Gasteiger partial charge in [0.2, 0.25) is 0 Å². The Labute approximate surface area is 133 Å². The molecular weight excluding hydrogens is 278 g/mol. The Morgan fingerprint density at radius 2 is 2.09 bits per heavy atom. The number of esters is 1. The highest BCUT2D eigenvalue weighted by Crippen LogP contribution is 2.28. The number of ether oxygens (including phenoxy) is 2. The molecule has 1 atom stereocenters. The third kappa shape index (κ3) is 5.02. The molecule has 0 saturated carbocycles. The lowest BCUT2D eigenvalue weighted by Crippen LogP contribution is -2.35. The number of rotatable bonds is 7. The van der Waals surface area contributed by atoms with Crippen LogP contribution in [-0.2, 0) is 9.53 Å². The van der Waals surface area contributed by atoms with Gasteiger partial charge >= 0.3 is 5.97 Å². The van der Waals surface area contributed by atoms with Gasteiger partial charge in [-0.2, -0.15) is 0 Å². The molecule has 0 spiro atoms. The molecule has 122 valence electrons. The molecule has 2 rings (SSSR count). The van der Waals surface area contributed by atoms with Crippen molar-refractivity contribution in [2.45, 2.75) is 38.5 Å². The normalized spacial score (nSPS) is 18.9. The number of carbonyl (C=O) groups is 1. The maximum absolute atomic E-state index is 11.4. The zero-order valence-electron chi connectivity index (χ0n) is 13.7. The van der Waals surface area contributed by atoms with Gasteiger partial charge in [-0.1, -0.05) is 12.1 Å². The Morgan fingerprint density at radius 3 is 2.77 bits per heavy atom. The molecule has 1 unspecified atom stereocenters. The second-order valence-electron chi connectivity index (χ2n) is 5.82. The van der Waals surface area contributed by atoms with E-state index in [9.17, 15) is 4.79 Å². The number of nitrogens with zero attached hydrogens (tertiary/aromatic N) is 1. The topological polar surface area (TPSA) is 38.8 Å². The van der Waals surface area contributed by atoms with E-state index in [2.05, 4.69) is 17.0 Å². The maximum Gasteiger partial charge on any atom is 0.305 e. The van der Waals surface area contributed by atoms with Crippen LogP contribution in [0.4, 0.5) is 0 Å². The van der Waals surface area contributed by atoms with E-state index in [1.165, 1.54) is 18.4 Å². The lowest BCUT2D eigenvalue weighted by atomic mass is 9.90. The summed E-state index contributed by atoms with van der Waals surface area (Å²) in [4.78, 5) is 13.8. The highest BCUT2D eigenvalue weighted by atomic mass is 16.5. The van der Waals surface area contributed by atoms with Gasteiger partial charge in [0.05, 0.1) is 13.7 Å². The van der Waals surface area contributed by atoms with Crippen LogP contribution in [0.1, 0.15) is 44.1 Å². The van der Waals surface area contributed by atoms with Crippen LogP contribution in [-0.4, -0.2) is 44.2 Å². The van der Waals surface area contributed by atoms with E-state index in [1.807, 2.05) is 19.1 Å². The van der Waals surface area contributed by atoms with E-state index in [1.54, 1.807) is 7.11 Å². The van der Waals surface area contributed by atoms with Gasteiger partial charge in [-0.15, -0.1) is 0 Å². The lowest BCUT2D eigenvalue weighted by Gasteiger charge is -2.33. The highest BCUT2D eigenvalue weighted by Gasteiger charge is 2.21. The third-order valence-electron chi connectivity index (χ3n) is 4.25. The molecule has 0 amide bonds. The minimum Gasteiger partial charge on any atom is -0.497 e. The number of benzene rings is 1. The van der Waals surface area contributed by atoms with Gasteiger partial charge in [0.15, 0.2) is 0 Å². The number of likely N-dealkylation sites (tertiary alicyclic amines) is 1. The molecule has 0 bridgehead atoms. The molecule has 4 nitrogen and oxygen atoms in total. The van der Waals surface area contributed by atoms with Crippen LogP contribution in [0.15, 0.2) is 24.3 Å². The Hall–Kier alpha value is -1.55. The fourth-order valence-electron chi connectivity index (χ4n) is 3.09. The average molecular weight is 305 g/mol. The van der Waals surface area contributed by atoms with Crippen LogP contribution in [0.25, 0.3) is 0 Å². The van der Waals surface area contributed by atoms with Crippen LogP contribution in [0.2, 0.25) is 0 Å². The van der Waals surface area contributed by atoms with Gasteiger partial charge in [0.1, 0.15) is 5.75 Å². The first-order valence-corrected chi connectivity index (χ1v) is 8.25. The first-order chi connectivity index (χ1) is 10.7. The van der Waals surface area contributed by atoms with Crippen LogP contribution in [0, 0.1) is 0 Å². The number of piperidine rings is 1. The predicted molar refractivity (Wildman–Crippen MR) is 87.3 cm³/mol. The molecule has 1 heterocycles. The summed E-state index contributed by atoms with van der Waals surface area (Å²) in [6, 6.07) is 8.42. The standard InChI is InChI=1S/C18H27NO3/c1-3-22-18(20)7-5-13-19-12-4-6-16(14-19)15-8-10-17(21-2)11-9-15/h8-11,16H,3-7,12-14H2,1-2H3. The van der Waals surface area contributed by atoms with E-state index < -0.39 is 0 Å². The molecule has 4 heteroatoms. The summed E-state index contributed by atoms with van der Waals surface area (Å²) in [6.07, 6.45) is 3.86. The monoisotopic (exact) mass is 305 g/mol. The maximum atomic E-state index is 11.4. The Balaban J connectivity index is 1.79. The zero-order chi connectivity index (χ0) is 15.8. The minimum absolute atomic E-state index is 0.0776. The first kappa shape index (κ1) is 16.8. The summed E-state index contributed by atoms with van der Waals surface area (Å²) in [5, 5.41) is 0. The number of methoxy groups -OCH3 is 1. The van der Waals surface area contributed by atoms with Crippen molar-refractivity contribution in [2.24, 2.45) is 0 Å². The molecule has 0 radical (unpaired) electrons. The largest absolute Gasteiger partial charge is 0.497 e. The van der Waals surface area contributed by atoms with Crippen molar-refractivity contribution in [1.29, 1.82) is 0 Å². The summed E-state index contributed by atoms with van der Waals surface area (Å²) in [5.41, 5.74) is 1.39. The SMILES string of the molecule is CCOC(=O)CCCN1CCCC(c2ccc(OC)cc2)C1. The van der Waals surface area contributed by atoms with Crippen molar-refractivity contribution < 1.29 is 14.3 Å². The van der Waals surface area contributed by atoms with Crippen LogP contribution in [0.5, 0.6) is 5.75 Å². The second kappa shape index (κ2) is 8.79. The molecule has 1 fully saturated rings. The molecular formula is C18H27NO3. The Kier molecular flexibility index (Phi) is 6.72. The van der Waals surface area contributed by atoms with Crippen LogP contribution < -0.4 is 4.74 Å². The van der Waals surface area contributed by atoms with Gasteiger partial charge in [-0.05, 0) is 62.9 Å². The minimum atomic E-state index is -0.0776. The molecule has 1 aliphatic heterocycles. The van der Waals surface area contributed by atoms with E-state index in [0.29, 0.717) is 18.9 Å². The Bertz CT molecular complexity index is 458. The third-order valence-corrected chi connectivity index (χ3v) is 4.25. The van der Waals surface area contributed by atoms with E-state index in [-0.39, 0.29) is 5.97 Å². The zero-order valence-corrected chi connectivity index (χ0v) is 13.7. The average Bonchev–Trinajstić information content (AvgIpc) is 2.55. The van der Waals surface area contributed by atoms with Crippen molar-refractivity contribution in [3.63, 3.8) is 0 Å². The predicted octanol–water partition coefficient (Wildman–Crippen LogP) is 3.22. The molecule has 1 aliphatic rings. The van der Waals surface area contributed by atoms with E-state index in [4.69, 9.17) is 9.47 Å². The molecule has 0 N–H and O–H groups in total. The summed E-state index contributed by atoms with van der Waals surface area (Å²) in [6.45, 7) is 5.51. The summed E-state index contributed by atoms with van der Waals surface area (Å²) in [7, 11) is 1.70. The second-order valence-corrected chi connectivity index (χ2v) is 5.82. The highest BCUT2D eigenvalue weighted by molar-refractivity contribution is 5.69. The molecule has 0 aliphatic carbocycles. The molecule has 0 aromatic heterocycles. The number of hydrogen-bond donors (Lipinski definition) is 0. The smallest absolute Gasteiger partial charge is 0.305 e. The van der Waals surface area contributed by atoms with Crippen LogP contribution >= 0.6 is 0 Å². The molecule has 22 heavy (non-hydrogen) atoms. The van der Waals surface area contributed by atoms with Gasteiger partial charge in [0, 0.05) is 13.0 Å². The number of hydrogen-bond acceptors (Lipinski definition) is 4. The first-order valence-electron chi connectivity index (χ1n) is 8.25. The Morgan fingerprint density at radius 1 is 1.32 bits per heavy atom. The van der Waals surface area contributed by atoms with Crippen molar-refractivity contribution in [3.8, 4) is 5.75 Å². The van der Waals surface area contributed by atoms with E-state index in [0.717, 1.165) is 31.8 Å². The van der Waals surface area contributed by atoms with Crippen molar-refractivity contribution in [3.05, 3.63) is 29.8 Å². The van der Waals surface area contributed by atoms with Crippen molar-refractivity contribution >= 4 is 5.97 Å². The van der Waals surface area contributed by atoms with Gasteiger partial charge in [-0.3, -0.25) is 4.79 Å². The molecule has 1 aromatic carbocycles. The van der Waals surface area contributed by atoms with E-state index >= 15 is 0 Å². The molecule has 1 saturated heterocycles. The molecule has 1 aromatic rings. The number of carbonyl (C=O) groups excluding carboxylic acids is 1. The summed E-state index contributed by atoms with van der Waals surface area (Å²) in [5.74, 6) is 1.42. The van der Waals surface area contributed by atoms with Crippen LogP contribution in [0.3, 0.4) is 0 Å². The fraction of sp³-hybridized carbons (Fsp3) is 0.611. The van der Waals surface area contributed by atoms with Crippen molar-refractivity contribution in [2.75, 3.05) is 33.4 Å². The lowest BCUT2D eigenvalue weighted by molar-refractivity contribution is -0.143. The van der Waals surface area contributed by atoms with Gasteiger partial charge < -0.3 is 14.4 Å². The van der Waals surface area contributed by atoms with Gasteiger partial charge in [0.25, 0.3) is 0 Å².